The number of aromatic nitrogens is 6. The fourth-order valence-corrected chi connectivity index (χ4v) is 2.75. The summed E-state index contributed by atoms with van der Waals surface area (Å²) in [7, 11) is 3.86. The Bertz CT molecular complexity index is 815. The van der Waals surface area contributed by atoms with Gasteiger partial charge in [0.05, 0.1) is 17.9 Å². The monoisotopic (exact) mass is 276 g/mol. The number of aryl methyl sites for hydroxylation is 4. The number of hydrogen-bond acceptors (Lipinski definition) is 3. The van der Waals surface area contributed by atoms with Gasteiger partial charge in [-0.3, -0.25) is 13.9 Å². The second-order valence-electron chi connectivity index (χ2n) is 4.84. The fraction of sp³-hybridized carbons (Fsp3) is 0.417. The van der Waals surface area contributed by atoms with Gasteiger partial charge in [-0.05, 0) is 26.1 Å². The minimum atomic E-state index is 0.706. The maximum atomic E-state index is 5.41. The number of rotatable bonds is 2. The summed E-state index contributed by atoms with van der Waals surface area (Å²) in [6.07, 6.45) is 2.03. The van der Waals surface area contributed by atoms with Crippen molar-refractivity contribution < 1.29 is 0 Å². The summed E-state index contributed by atoms with van der Waals surface area (Å²) < 4.78 is 6.47. The van der Waals surface area contributed by atoms with Gasteiger partial charge in [-0.25, -0.2) is 0 Å². The Hall–Kier alpha value is -1.89. The van der Waals surface area contributed by atoms with Gasteiger partial charge in [0.1, 0.15) is 5.52 Å². The van der Waals surface area contributed by atoms with Gasteiger partial charge in [-0.2, -0.15) is 10.2 Å². The van der Waals surface area contributed by atoms with Gasteiger partial charge in [-0.1, -0.05) is 0 Å². The Morgan fingerprint density at radius 3 is 2.58 bits per heavy atom. The van der Waals surface area contributed by atoms with Gasteiger partial charge in [0.15, 0.2) is 10.4 Å². The molecule has 3 heterocycles. The van der Waals surface area contributed by atoms with E-state index in [1.807, 2.05) is 43.5 Å². The van der Waals surface area contributed by atoms with Crippen molar-refractivity contribution in [2.24, 2.45) is 14.1 Å². The number of H-pyrrole nitrogens is 1. The van der Waals surface area contributed by atoms with Crippen molar-refractivity contribution in [1.29, 1.82) is 0 Å². The highest BCUT2D eigenvalue weighted by Gasteiger charge is 2.14. The highest BCUT2D eigenvalue weighted by atomic mass is 32.1. The van der Waals surface area contributed by atoms with E-state index in [2.05, 4.69) is 19.7 Å². The van der Waals surface area contributed by atoms with Crippen LogP contribution >= 0.6 is 12.2 Å². The SMILES string of the molecule is Cc1nn(C)cc1Cn1c(=S)[nH]c2c(C)nn(C)c21. The maximum absolute atomic E-state index is 5.41. The van der Waals surface area contributed by atoms with Gasteiger partial charge >= 0.3 is 0 Å². The van der Waals surface area contributed by atoms with Gasteiger partial charge in [0, 0.05) is 25.9 Å². The fourth-order valence-electron chi connectivity index (χ4n) is 2.49. The van der Waals surface area contributed by atoms with Gasteiger partial charge in [0.25, 0.3) is 0 Å². The maximum Gasteiger partial charge on any atom is 0.179 e. The zero-order valence-corrected chi connectivity index (χ0v) is 12.2. The molecule has 0 aliphatic carbocycles. The molecular weight excluding hydrogens is 260 g/mol. The van der Waals surface area contributed by atoms with E-state index in [-0.39, 0.29) is 0 Å². The number of nitrogens with zero attached hydrogens (tertiary/aromatic N) is 5. The van der Waals surface area contributed by atoms with Gasteiger partial charge in [-0.15, -0.1) is 0 Å². The van der Waals surface area contributed by atoms with E-state index in [0.29, 0.717) is 11.3 Å². The highest BCUT2D eigenvalue weighted by molar-refractivity contribution is 7.71. The van der Waals surface area contributed by atoms with E-state index in [1.165, 1.54) is 5.56 Å². The average molecular weight is 276 g/mol. The number of hydrogen-bond donors (Lipinski definition) is 1. The van der Waals surface area contributed by atoms with Crippen LogP contribution in [-0.4, -0.2) is 29.1 Å². The van der Waals surface area contributed by atoms with E-state index >= 15 is 0 Å². The van der Waals surface area contributed by atoms with Crippen molar-refractivity contribution in [2.45, 2.75) is 20.4 Å². The molecule has 0 aliphatic heterocycles. The highest BCUT2D eigenvalue weighted by Crippen LogP contribution is 2.19. The molecule has 0 unspecified atom stereocenters. The summed E-state index contributed by atoms with van der Waals surface area (Å²) in [6, 6.07) is 0. The van der Waals surface area contributed by atoms with Crippen molar-refractivity contribution in [3.63, 3.8) is 0 Å². The molecule has 0 spiro atoms. The molecule has 0 amide bonds. The molecule has 3 rings (SSSR count). The molecule has 0 aromatic carbocycles. The molecule has 1 N–H and O–H groups in total. The third-order valence-electron chi connectivity index (χ3n) is 3.37. The lowest BCUT2D eigenvalue weighted by Crippen LogP contribution is -2.04. The van der Waals surface area contributed by atoms with Crippen LogP contribution in [0.1, 0.15) is 17.0 Å². The normalized spacial score (nSPS) is 11.6. The van der Waals surface area contributed by atoms with E-state index < -0.39 is 0 Å². The molecule has 100 valence electrons. The second-order valence-corrected chi connectivity index (χ2v) is 5.22. The van der Waals surface area contributed by atoms with Crippen LogP contribution in [0.15, 0.2) is 6.20 Å². The lowest BCUT2D eigenvalue weighted by atomic mass is 10.2. The van der Waals surface area contributed by atoms with Crippen molar-refractivity contribution in [1.82, 2.24) is 29.1 Å². The summed E-state index contributed by atoms with van der Waals surface area (Å²) in [4.78, 5) is 3.23. The molecule has 3 aromatic rings. The van der Waals surface area contributed by atoms with Crippen LogP contribution in [0.25, 0.3) is 11.2 Å². The molecule has 0 bridgehead atoms. The molecule has 0 fully saturated rings. The Kier molecular flexibility index (Phi) is 2.60. The van der Waals surface area contributed by atoms with E-state index in [0.717, 1.165) is 22.6 Å². The van der Waals surface area contributed by atoms with Crippen LogP contribution in [0.2, 0.25) is 0 Å². The molecule has 0 aliphatic rings. The van der Waals surface area contributed by atoms with Crippen LogP contribution in [0, 0.1) is 18.6 Å². The molecule has 3 aromatic heterocycles. The van der Waals surface area contributed by atoms with E-state index in [9.17, 15) is 0 Å². The Morgan fingerprint density at radius 2 is 1.95 bits per heavy atom. The van der Waals surface area contributed by atoms with Crippen molar-refractivity contribution in [3.8, 4) is 0 Å². The molecule has 0 saturated carbocycles. The lowest BCUT2D eigenvalue weighted by molar-refractivity contribution is 0.713. The van der Waals surface area contributed by atoms with Crippen LogP contribution in [0.3, 0.4) is 0 Å². The van der Waals surface area contributed by atoms with E-state index in [4.69, 9.17) is 12.2 Å². The van der Waals surface area contributed by atoms with Gasteiger partial charge in [0.2, 0.25) is 0 Å². The van der Waals surface area contributed by atoms with E-state index in [1.54, 1.807) is 0 Å². The second kappa shape index (κ2) is 4.06. The molecule has 6 nitrogen and oxygen atoms in total. The number of nitrogens with one attached hydrogen (secondary N) is 1. The summed E-state index contributed by atoms with van der Waals surface area (Å²) in [5, 5.41) is 8.78. The molecule has 0 atom stereocenters. The van der Waals surface area contributed by atoms with Crippen molar-refractivity contribution in [3.05, 3.63) is 27.9 Å². The Morgan fingerprint density at radius 1 is 1.21 bits per heavy atom. The molecule has 19 heavy (non-hydrogen) atoms. The Balaban J connectivity index is 2.17. The first kappa shape index (κ1) is 12.2. The quantitative estimate of drug-likeness (QED) is 0.727. The summed E-state index contributed by atoms with van der Waals surface area (Å²) in [6.45, 7) is 4.70. The van der Waals surface area contributed by atoms with Crippen LogP contribution < -0.4 is 0 Å². The third kappa shape index (κ3) is 1.81. The summed E-state index contributed by atoms with van der Waals surface area (Å²) >= 11 is 5.41. The van der Waals surface area contributed by atoms with Crippen LogP contribution in [0.4, 0.5) is 0 Å². The third-order valence-corrected chi connectivity index (χ3v) is 3.69. The first-order valence-corrected chi connectivity index (χ1v) is 6.49. The molecule has 0 saturated heterocycles. The summed E-state index contributed by atoms with van der Waals surface area (Å²) in [5.74, 6) is 0. The lowest BCUT2D eigenvalue weighted by Gasteiger charge is -2.03. The Labute approximate surface area is 115 Å². The molecule has 7 heteroatoms. The summed E-state index contributed by atoms with van der Waals surface area (Å²) in [5.41, 5.74) is 5.18. The number of fused-ring (bicyclic) bond motifs is 1. The zero-order valence-electron chi connectivity index (χ0n) is 11.4. The minimum Gasteiger partial charge on any atom is -0.328 e. The van der Waals surface area contributed by atoms with Crippen LogP contribution in [0.5, 0.6) is 0 Å². The first-order chi connectivity index (χ1) is 8.97. The predicted molar refractivity (Wildman–Crippen MR) is 75.7 cm³/mol. The number of aromatic amines is 1. The van der Waals surface area contributed by atoms with Gasteiger partial charge < -0.3 is 4.98 Å². The molecule has 0 radical (unpaired) electrons. The topological polar surface area (TPSA) is 56.4 Å². The molecular formula is C12H16N6S. The zero-order chi connectivity index (χ0) is 13.7. The average Bonchev–Trinajstić information content (AvgIpc) is 2.89. The minimum absolute atomic E-state index is 0.706. The number of imidazole rings is 1. The van der Waals surface area contributed by atoms with Crippen molar-refractivity contribution in [2.75, 3.05) is 0 Å². The largest absolute Gasteiger partial charge is 0.328 e. The van der Waals surface area contributed by atoms with Crippen LogP contribution in [-0.2, 0) is 20.6 Å². The smallest absolute Gasteiger partial charge is 0.179 e. The first-order valence-electron chi connectivity index (χ1n) is 6.08. The standard InChI is InChI=1S/C12H16N6S/c1-7-9(5-16(3)14-7)6-18-11-10(13-12(18)19)8(2)15-17(11)4/h5H,6H2,1-4H3,(H,13,19). The predicted octanol–water partition coefficient (Wildman–Crippen LogP) is 1.83. The van der Waals surface area contributed by atoms with Crippen molar-refractivity contribution >= 4 is 23.4 Å².